The summed E-state index contributed by atoms with van der Waals surface area (Å²) in [5.41, 5.74) is -0.676. The van der Waals surface area contributed by atoms with E-state index in [0.717, 1.165) is 25.6 Å². The maximum Gasteiger partial charge on any atom is 0.303 e. The SMILES string of the molecule is COC1=C(S[C@@H]2OC[C@@H](OC(C)=O)[C@H](OC(C)=O)[C@H]2OC(C)=O)C(=O)c2ccccc2C1=O. The maximum atomic E-state index is 13.2. The van der Waals surface area contributed by atoms with Gasteiger partial charge in [0, 0.05) is 31.9 Å². The van der Waals surface area contributed by atoms with Gasteiger partial charge in [-0.3, -0.25) is 24.0 Å². The molecule has 1 fully saturated rings. The van der Waals surface area contributed by atoms with Crippen LogP contribution in [0.15, 0.2) is 34.9 Å². The fourth-order valence-corrected chi connectivity index (χ4v) is 4.77. The summed E-state index contributed by atoms with van der Waals surface area (Å²) in [7, 11) is 1.26. The highest BCUT2D eigenvalue weighted by molar-refractivity contribution is 8.04. The van der Waals surface area contributed by atoms with E-state index in [9.17, 15) is 24.0 Å². The van der Waals surface area contributed by atoms with E-state index in [-0.39, 0.29) is 28.4 Å². The lowest BCUT2D eigenvalue weighted by Crippen LogP contribution is -2.56. The summed E-state index contributed by atoms with van der Waals surface area (Å²) in [6, 6.07) is 6.31. The van der Waals surface area contributed by atoms with Crippen molar-refractivity contribution in [1.82, 2.24) is 0 Å². The van der Waals surface area contributed by atoms with Crippen LogP contribution >= 0.6 is 11.8 Å². The van der Waals surface area contributed by atoms with Crippen LogP contribution in [0.4, 0.5) is 0 Å². The van der Waals surface area contributed by atoms with Gasteiger partial charge in [0.25, 0.3) is 0 Å². The second-order valence-corrected chi connectivity index (χ2v) is 8.29. The first-order valence-corrected chi connectivity index (χ1v) is 10.8. The van der Waals surface area contributed by atoms with Crippen molar-refractivity contribution in [3.8, 4) is 0 Å². The standard InChI is InChI=1S/C22H22O10S/c1-10(23)30-15-9-29-22(20(32-12(3)25)18(15)31-11(2)24)33-21-17(27)14-8-6-5-7-13(14)16(26)19(21)28-4/h5-8,15,18,20,22H,9H2,1-4H3/t15-,18+,20-,22+/m1/s1. The van der Waals surface area contributed by atoms with E-state index in [4.69, 9.17) is 23.7 Å². The minimum Gasteiger partial charge on any atom is -0.491 e. The Morgan fingerprint density at radius 1 is 0.879 bits per heavy atom. The molecule has 1 aromatic carbocycles. The Morgan fingerprint density at radius 3 is 1.97 bits per heavy atom. The molecule has 0 saturated carbocycles. The monoisotopic (exact) mass is 478 g/mol. The Morgan fingerprint density at radius 2 is 1.42 bits per heavy atom. The van der Waals surface area contributed by atoms with Gasteiger partial charge >= 0.3 is 17.9 Å². The zero-order valence-electron chi connectivity index (χ0n) is 18.3. The number of methoxy groups -OCH3 is 1. The lowest BCUT2D eigenvalue weighted by Gasteiger charge is -2.40. The smallest absolute Gasteiger partial charge is 0.303 e. The predicted octanol–water partition coefficient (Wildman–Crippen LogP) is 1.81. The van der Waals surface area contributed by atoms with E-state index >= 15 is 0 Å². The normalized spacial score (nSPS) is 24.6. The molecule has 0 N–H and O–H groups in total. The van der Waals surface area contributed by atoms with Gasteiger partial charge in [0.15, 0.2) is 24.1 Å². The number of carbonyl (C=O) groups is 5. The number of allylic oxidation sites excluding steroid dienone is 2. The zero-order valence-corrected chi connectivity index (χ0v) is 19.1. The summed E-state index contributed by atoms with van der Waals surface area (Å²) in [5, 5.41) is 0. The predicted molar refractivity (Wildman–Crippen MR) is 113 cm³/mol. The van der Waals surface area contributed by atoms with Crippen LogP contribution in [-0.4, -0.2) is 66.9 Å². The van der Waals surface area contributed by atoms with Crippen molar-refractivity contribution >= 4 is 41.2 Å². The van der Waals surface area contributed by atoms with Crippen LogP contribution in [0.1, 0.15) is 41.5 Å². The summed E-state index contributed by atoms with van der Waals surface area (Å²) in [5.74, 6) is -3.20. The van der Waals surface area contributed by atoms with E-state index in [0.29, 0.717) is 0 Å². The van der Waals surface area contributed by atoms with Crippen molar-refractivity contribution in [3.63, 3.8) is 0 Å². The van der Waals surface area contributed by atoms with Crippen LogP contribution in [0.5, 0.6) is 0 Å². The third-order valence-electron chi connectivity index (χ3n) is 4.78. The molecular weight excluding hydrogens is 456 g/mol. The molecule has 0 unspecified atom stereocenters. The molecule has 1 aliphatic heterocycles. The summed E-state index contributed by atoms with van der Waals surface area (Å²) < 4.78 is 26.8. The number of Topliss-reactive ketones (excluding diaryl/α,β-unsaturated/α-hetero) is 2. The molecule has 0 radical (unpaired) electrons. The molecule has 0 spiro atoms. The molecule has 1 aliphatic carbocycles. The summed E-state index contributed by atoms with van der Waals surface area (Å²) >= 11 is 0.804. The fraction of sp³-hybridized carbons (Fsp3) is 0.409. The van der Waals surface area contributed by atoms with Crippen molar-refractivity contribution in [2.45, 2.75) is 44.5 Å². The van der Waals surface area contributed by atoms with Gasteiger partial charge in [0.05, 0.1) is 13.7 Å². The number of carbonyl (C=O) groups excluding carboxylic acids is 5. The van der Waals surface area contributed by atoms with Crippen LogP contribution in [0.25, 0.3) is 0 Å². The van der Waals surface area contributed by atoms with Crippen LogP contribution in [-0.2, 0) is 38.1 Å². The van der Waals surface area contributed by atoms with Gasteiger partial charge < -0.3 is 23.7 Å². The lowest BCUT2D eigenvalue weighted by atomic mass is 9.93. The topological polar surface area (TPSA) is 132 Å². The Balaban J connectivity index is 1.98. The Hall–Kier alpha value is -3.18. The van der Waals surface area contributed by atoms with Gasteiger partial charge in [-0.2, -0.15) is 0 Å². The maximum absolute atomic E-state index is 13.2. The summed E-state index contributed by atoms with van der Waals surface area (Å²) in [6.45, 7) is 3.26. The number of esters is 3. The molecule has 0 amide bonds. The molecule has 10 nitrogen and oxygen atoms in total. The second kappa shape index (κ2) is 10.2. The number of fused-ring (bicyclic) bond motifs is 1. The van der Waals surface area contributed by atoms with Gasteiger partial charge in [-0.25, -0.2) is 0 Å². The zero-order chi connectivity index (χ0) is 24.3. The van der Waals surface area contributed by atoms with Crippen molar-refractivity contribution < 1.29 is 47.7 Å². The highest BCUT2D eigenvalue weighted by Gasteiger charge is 2.49. The number of benzene rings is 1. The minimum absolute atomic E-state index is 0.0455. The van der Waals surface area contributed by atoms with Crippen molar-refractivity contribution in [1.29, 1.82) is 0 Å². The largest absolute Gasteiger partial charge is 0.491 e. The van der Waals surface area contributed by atoms with E-state index in [1.165, 1.54) is 26.2 Å². The number of ketones is 2. The highest BCUT2D eigenvalue weighted by Crippen LogP contribution is 2.40. The molecule has 3 rings (SSSR count). The number of ether oxygens (including phenoxy) is 5. The number of hydrogen-bond donors (Lipinski definition) is 0. The summed E-state index contributed by atoms with van der Waals surface area (Å²) in [6.07, 6.45) is -3.50. The minimum atomic E-state index is -1.25. The van der Waals surface area contributed by atoms with Crippen LogP contribution in [0, 0.1) is 0 Å². The second-order valence-electron chi connectivity index (χ2n) is 7.18. The first-order valence-electron chi connectivity index (χ1n) is 9.90. The first-order chi connectivity index (χ1) is 15.6. The first kappa shape index (κ1) is 24.5. The third kappa shape index (κ3) is 5.25. The molecule has 11 heteroatoms. The van der Waals surface area contributed by atoms with Gasteiger partial charge in [0.2, 0.25) is 11.6 Å². The van der Waals surface area contributed by atoms with Crippen LogP contribution in [0.3, 0.4) is 0 Å². The van der Waals surface area contributed by atoms with E-state index < -0.39 is 53.2 Å². The van der Waals surface area contributed by atoms with Crippen molar-refractivity contribution in [2.24, 2.45) is 0 Å². The molecule has 33 heavy (non-hydrogen) atoms. The van der Waals surface area contributed by atoms with Crippen molar-refractivity contribution in [3.05, 3.63) is 46.1 Å². The fourth-order valence-electron chi connectivity index (χ4n) is 3.55. The van der Waals surface area contributed by atoms with E-state index in [2.05, 4.69) is 0 Å². The van der Waals surface area contributed by atoms with Gasteiger partial charge in [0.1, 0.15) is 10.3 Å². The number of thioether (sulfide) groups is 1. The van der Waals surface area contributed by atoms with Crippen LogP contribution in [0.2, 0.25) is 0 Å². The molecule has 0 aromatic heterocycles. The summed E-state index contributed by atoms with van der Waals surface area (Å²) in [4.78, 5) is 61.1. The van der Waals surface area contributed by atoms with E-state index in [1.807, 2.05) is 0 Å². The molecule has 176 valence electrons. The molecule has 1 aromatic rings. The average Bonchev–Trinajstić information content (AvgIpc) is 2.75. The molecule has 4 atom stereocenters. The lowest BCUT2D eigenvalue weighted by molar-refractivity contribution is -0.213. The number of rotatable bonds is 6. The van der Waals surface area contributed by atoms with Gasteiger partial charge in [-0.1, -0.05) is 36.0 Å². The quantitative estimate of drug-likeness (QED) is 0.438. The Kier molecular flexibility index (Phi) is 7.54. The highest BCUT2D eigenvalue weighted by atomic mass is 32.2. The Bertz CT molecular complexity index is 1030. The van der Waals surface area contributed by atoms with E-state index in [1.54, 1.807) is 12.1 Å². The molecular formula is C22H22O10S. The molecule has 2 aliphatic rings. The van der Waals surface area contributed by atoms with Crippen LogP contribution < -0.4 is 0 Å². The Labute approximate surface area is 193 Å². The third-order valence-corrected chi connectivity index (χ3v) is 6.02. The van der Waals surface area contributed by atoms with Crippen molar-refractivity contribution in [2.75, 3.05) is 13.7 Å². The number of hydrogen-bond acceptors (Lipinski definition) is 11. The average molecular weight is 478 g/mol. The molecule has 1 saturated heterocycles. The van der Waals surface area contributed by atoms with Gasteiger partial charge in [-0.15, -0.1) is 0 Å². The molecule has 1 heterocycles. The molecule has 0 bridgehead atoms. The van der Waals surface area contributed by atoms with Gasteiger partial charge in [-0.05, 0) is 0 Å².